The van der Waals surface area contributed by atoms with Gasteiger partial charge in [-0.05, 0) is 37.6 Å². The Morgan fingerprint density at radius 1 is 1.44 bits per heavy atom. The second kappa shape index (κ2) is 4.48. The van der Waals surface area contributed by atoms with Gasteiger partial charge < -0.3 is 11.1 Å². The molecular weight excluding hydrogens is 235 g/mol. The molecule has 5 nitrogen and oxygen atoms in total. The third kappa shape index (κ3) is 2.17. The third-order valence-corrected chi connectivity index (χ3v) is 2.65. The number of hydrogen-bond acceptors (Lipinski definition) is 3. The van der Waals surface area contributed by atoms with Crippen molar-refractivity contribution >= 4 is 17.3 Å². The van der Waals surface area contributed by atoms with E-state index in [1.165, 1.54) is 18.2 Å². The number of anilines is 2. The summed E-state index contributed by atoms with van der Waals surface area (Å²) in [6.07, 6.45) is 0. The van der Waals surface area contributed by atoms with E-state index in [0.29, 0.717) is 22.6 Å². The summed E-state index contributed by atoms with van der Waals surface area (Å²) in [5, 5.41) is 9.09. The lowest BCUT2D eigenvalue weighted by molar-refractivity contribution is 0.102. The van der Waals surface area contributed by atoms with Crippen LogP contribution in [0.4, 0.5) is 15.8 Å². The molecule has 0 saturated carbocycles. The number of aromatic nitrogens is 2. The number of nitrogen functional groups attached to an aromatic ring is 1. The first-order valence-electron chi connectivity index (χ1n) is 5.37. The van der Waals surface area contributed by atoms with Crippen molar-refractivity contribution < 1.29 is 9.18 Å². The standard InChI is InChI=1S/C12H13FN4O/c1-6-5-8(13)3-4-9(6)15-12(18)11-10(14)7(2)16-17-11/h3-5H,14H2,1-2H3,(H,15,18)(H,16,17). The van der Waals surface area contributed by atoms with Crippen molar-refractivity contribution in [3.63, 3.8) is 0 Å². The van der Waals surface area contributed by atoms with Gasteiger partial charge in [0.25, 0.3) is 5.91 Å². The number of carbonyl (C=O) groups excluding carboxylic acids is 1. The van der Waals surface area contributed by atoms with Crippen LogP contribution in [0.25, 0.3) is 0 Å². The molecule has 18 heavy (non-hydrogen) atoms. The number of rotatable bonds is 2. The maximum Gasteiger partial charge on any atom is 0.278 e. The number of H-pyrrole nitrogens is 1. The summed E-state index contributed by atoms with van der Waals surface area (Å²) in [5.41, 5.74) is 7.95. The van der Waals surface area contributed by atoms with Crippen molar-refractivity contribution in [2.45, 2.75) is 13.8 Å². The van der Waals surface area contributed by atoms with Crippen LogP contribution in [0.15, 0.2) is 18.2 Å². The van der Waals surface area contributed by atoms with Crippen LogP contribution in [-0.2, 0) is 0 Å². The fourth-order valence-corrected chi connectivity index (χ4v) is 1.56. The van der Waals surface area contributed by atoms with Gasteiger partial charge in [0.05, 0.1) is 11.4 Å². The van der Waals surface area contributed by atoms with E-state index >= 15 is 0 Å². The van der Waals surface area contributed by atoms with E-state index in [2.05, 4.69) is 15.5 Å². The van der Waals surface area contributed by atoms with Crippen molar-refractivity contribution in [1.29, 1.82) is 0 Å². The molecule has 94 valence electrons. The number of aryl methyl sites for hydroxylation is 2. The summed E-state index contributed by atoms with van der Waals surface area (Å²) in [6, 6.07) is 4.12. The van der Waals surface area contributed by atoms with E-state index < -0.39 is 5.91 Å². The summed E-state index contributed by atoms with van der Waals surface area (Å²) in [7, 11) is 0. The monoisotopic (exact) mass is 248 g/mol. The normalized spacial score (nSPS) is 10.4. The number of aromatic amines is 1. The average molecular weight is 248 g/mol. The van der Waals surface area contributed by atoms with E-state index in [4.69, 9.17) is 5.73 Å². The van der Waals surface area contributed by atoms with Crippen molar-refractivity contribution in [3.05, 3.63) is 41.0 Å². The number of amides is 1. The largest absolute Gasteiger partial charge is 0.395 e. The van der Waals surface area contributed by atoms with Gasteiger partial charge in [0.1, 0.15) is 5.82 Å². The van der Waals surface area contributed by atoms with Crippen LogP contribution in [0, 0.1) is 19.7 Å². The Morgan fingerprint density at radius 3 is 2.72 bits per heavy atom. The minimum atomic E-state index is -0.424. The summed E-state index contributed by atoms with van der Waals surface area (Å²) in [4.78, 5) is 11.9. The second-order valence-corrected chi connectivity index (χ2v) is 4.02. The molecule has 2 aromatic rings. The summed E-state index contributed by atoms with van der Waals surface area (Å²) in [6.45, 7) is 3.43. The summed E-state index contributed by atoms with van der Waals surface area (Å²) >= 11 is 0. The predicted molar refractivity (Wildman–Crippen MR) is 66.8 cm³/mol. The zero-order valence-electron chi connectivity index (χ0n) is 10.0. The molecule has 0 spiro atoms. The highest BCUT2D eigenvalue weighted by Gasteiger charge is 2.16. The SMILES string of the molecule is Cc1cc(F)ccc1NC(=O)c1n[nH]c(C)c1N. The van der Waals surface area contributed by atoms with Crippen molar-refractivity contribution in [3.8, 4) is 0 Å². The Hall–Kier alpha value is -2.37. The molecule has 0 fully saturated rings. The quantitative estimate of drug-likeness (QED) is 0.760. The number of hydrogen-bond donors (Lipinski definition) is 3. The van der Waals surface area contributed by atoms with Crippen molar-refractivity contribution in [2.24, 2.45) is 0 Å². The van der Waals surface area contributed by atoms with Crippen LogP contribution >= 0.6 is 0 Å². The zero-order valence-corrected chi connectivity index (χ0v) is 10.0. The lowest BCUT2D eigenvalue weighted by atomic mass is 10.2. The van der Waals surface area contributed by atoms with Crippen molar-refractivity contribution in [2.75, 3.05) is 11.1 Å². The first-order chi connectivity index (χ1) is 8.49. The van der Waals surface area contributed by atoms with Gasteiger partial charge in [-0.1, -0.05) is 0 Å². The van der Waals surface area contributed by atoms with Crippen molar-refractivity contribution in [1.82, 2.24) is 10.2 Å². The smallest absolute Gasteiger partial charge is 0.278 e. The highest BCUT2D eigenvalue weighted by molar-refractivity contribution is 6.06. The van der Waals surface area contributed by atoms with Gasteiger partial charge in [0, 0.05) is 5.69 Å². The molecule has 6 heteroatoms. The molecule has 0 atom stereocenters. The van der Waals surface area contributed by atoms with Crippen LogP contribution in [0.1, 0.15) is 21.7 Å². The Bertz CT molecular complexity index is 606. The van der Waals surface area contributed by atoms with E-state index in [1.54, 1.807) is 13.8 Å². The molecule has 0 bridgehead atoms. The highest BCUT2D eigenvalue weighted by Crippen LogP contribution is 2.18. The van der Waals surface area contributed by atoms with Crippen LogP contribution in [0.3, 0.4) is 0 Å². The molecule has 0 aliphatic heterocycles. The third-order valence-electron chi connectivity index (χ3n) is 2.65. The molecule has 1 amide bonds. The first kappa shape index (κ1) is 12.1. The number of nitrogens with one attached hydrogen (secondary N) is 2. The number of halogens is 1. The number of carbonyl (C=O) groups is 1. The van der Waals surface area contributed by atoms with E-state index in [-0.39, 0.29) is 11.5 Å². The Kier molecular flexibility index (Phi) is 3.01. The number of nitrogens with zero attached hydrogens (tertiary/aromatic N) is 1. The Balaban J connectivity index is 2.24. The van der Waals surface area contributed by atoms with E-state index in [1.807, 2.05) is 0 Å². The second-order valence-electron chi connectivity index (χ2n) is 4.02. The van der Waals surface area contributed by atoms with E-state index in [0.717, 1.165) is 0 Å². The van der Waals surface area contributed by atoms with Gasteiger partial charge in [-0.3, -0.25) is 9.89 Å². The molecule has 0 saturated heterocycles. The van der Waals surface area contributed by atoms with Gasteiger partial charge in [-0.2, -0.15) is 5.10 Å². The molecule has 1 aromatic carbocycles. The van der Waals surface area contributed by atoms with Crippen LogP contribution < -0.4 is 11.1 Å². The summed E-state index contributed by atoms with van der Waals surface area (Å²) < 4.78 is 12.9. The fourth-order valence-electron chi connectivity index (χ4n) is 1.56. The predicted octanol–water partition coefficient (Wildman–Crippen LogP) is 2.00. The number of nitrogens with two attached hydrogens (primary N) is 1. The molecule has 1 heterocycles. The van der Waals surface area contributed by atoms with Gasteiger partial charge in [-0.15, -0.1) is 0 Å². The molecule has 4 N–H and O–H groups in total. The lowest BCUT2D eigenvalue weighted by Crippen LogP contribution is -2.15. The molecule has 1 aromatic heterocycles. The maximum atomic E-state index is 12.9. The van der Waals surface area contributed by atoms with Gasteiger partial charge in [0.15, 0.2) is 5.69 Å². The van der Waals surface area contributed by atoms with Crippen LogP contribution in [0.2, 0.25) is 0 Å². The van der Waals surface area contributed by atoms with Gasteiger partial charge >= 0.3 is 0 Å². The van der Waals surface area contributed by atoms with Crippen LogP contribution in [-0.4, -0.2) is 16.1 Å². The highest BCUT2D eigenvalue weighted by atomic mass is 19.1. The molecule has 2 rings (SSSR count). The average Bonchev–Trinajstić information content (AvgIpc) is 2.64. The molecule has 0 radical (unpaired) electrons. The minimum absolute atomic E-state index is 0.135. The van der Waals surface area contributed by atoms with E-state index in [9.17, 15) is 9.18 Å². The number of benzene rings is 1. The molecule has 0 unspecified atom stereocenters. The first-order valence-corrected chi connectivity index (χ1v) is 5.37. The summed E-state index contributed by atoms with van der Waals surface area (Å²) in [5.74, 6) is -0.771. The van der Waals surface area contributed by atoms with Gasteiger partial charge in [0.2, 0.25) is 0 Å². The van der Waals surface area contributed by atoms with Gasteiger partial charge in [-0.25, -0.2) is 4.39 Å². The molecule has 0 aliphatic carbocycles. The van der Waals surface area contributed by atoms with Crippen LogP contribution in [0.5, 0.6) is 0 Å². The Labute approximate surface area is 103 Å². The minimum Gasteiger partial charge on any atom is -0.395 e. The zero-order chi connectivity index (χ0) is 13.3. The fraction of sp³-hybridized carbons (Fsp3) is 0.167. The molecule has 0 aliphatic rings. The molecular formula is C12H13FN4O. The maximum absolute atomic E-state index is 12.9. The Morgan fingerprint density at radius 2 is 2.17 bits per heavy atom. The topological polar surface area (TPSA) is 83.8 Å². The lowest BCUT2D eigenvalue weighted by Gasteiger charge is -2.07.